The number of aromatic nitrogens is 1. The van der Waals surface area contributed by atoms with Crippen LogP contribution in [0, 0.1) is 20.8 Å². The van der Waals surface area contributed by atoms with Crippen molar-refractivity contribution in [3.8, 4) is 0 Å². The summed E-state index contributed by atoms with van der Waals surface area (Å²) in [6.45, 7) is 6.15. The third-order valence-electron chi connectivity index (χ3n) is 3.68. The van der Waals surface area contributed by atoms with Gasteiger partial charge in [0.05, 0.1) is 5.52 Å². The van der Waals surface area contributed by atoms with Gasteiger partial charge in [-0.1, -0.05) is 29.8 Å². The first-order valence-corrected chi connectivity index (χ1v) is 7.32. The number of anilines is 2. The predicted molar refractivity (Wildman–Crippen MR) is 90.7 cm³/mol. The largest absolute Gasteiger partial charge is 0.340 e. The fourth-order valence-corrected chi connectivity index (χ4v) is 2.55. The minimum Gasteiger partial charge on any atom is -0.340 e. The summed E-state index contributed by atoms with van der Waals surface area (Å²) < 4.78 is 0. The van der Waals surface area contributed by atoms with Crippen molar-refractivity contribution in [2.75, 3.05) is 5.32 Å². The highest BCUT2D eigenvalue weighted by atomic mass is 35.5. The SMILES string of the molecule is Cc1ccc2cc(C)c(Nc3cccc(Cl)c3C)nc2c1. The predicted octanol–water partition coefficient (Wildman–Crippen LogP) is 5.56. The first-order chi connectivity index (χ1) is 10.0. The van der Waals surface area contributed by atoms with Gasteiger partial charge >= 0.3 is 0 Å². The highest BCUT2D eigenvalue weighted by Gasteiger charge is 2.07. The van der Waals surface area contributed by atoms with Gasteiger partial charge in [-0.25, -0.2) is 4.98 Å². The van der Waals surface area contributed by atoms with Crippen LogP contribution in [0.15, 0.2) is 42.5 Å². The lowest BCUT2D eigenvalue weighted by Gasteiger charge is -2.13. The normalized spacial score (nSPS) is 10.9. The van der Waals surface area contributed by atoms with Crippen LogP contribution < -0.4 is 5.32 Å². The summed E-state index contributed by atoms with van der Waals surface area (Å²) in [5.74, 6) is 0.874. The number of benzene rings is 2. The second kappa shape index (κ2) is 5.38. The standard InChI is InChI=1S/C18H17ClN2/c1-11-7-8-14-10-12(2)18(21-17(14)9-11)20-16-6-4-5-15(19)13(16)3/h4-10H,1-3H3,(H,20,21). The quantitative estimate of drug-likeness (QED) is 0.670. The molecule has 0 aliphatic carbocycles. The van der Waals surface area contributed by atoms with Crippen molar-refractivity contribution >= 4 is 34.0 Å². The summed E-state index contributed by atoms with van der Waals surface area (Å²) in [5.41, 5.74) is 5.35. The zero-order chi connectivity index (χ0) is 15.0. The number of hydrogen-bond acceptors (Lipinski definition) is 2. The molecule has 0 unspecified atom stereocenters. The maximum absolute atomic E-state index is 6.18. The molecule has 0 aliphatic rings. The van der Waals surface area contributed by atoms with Crippen molar-refractivity contribution in [2.24, 2.45) is 0 Å². The summed E-state index contributed by atoms with van der Waals surface area (Å²) in [7, 11) is 0. The van der Waals surface area contributed by atoms with E-state index in [1.807, 2.05) is 25.1 Å². The van der Waals surface area contributed by atoms with Crippen molar-refractivity contribution in [3.05, 3.63) is 64.2 Å². The van der Waals surface area contributed by atoms with Gasteiger partial charge in [0, 0.05) is 16.1 Å². The number of rotatable bonds is 2. The Bertz CT molecular complexity index is 825. The smallest absolute Gasteiger partial charge is 0.134 e. The molecule has 1 aromatic heterocycles. The highest BCUT2D eigenvalue weighted by Crippen LogP contribution is 2.28. The van der Waals surface area contributed by atoms with Crippen LogP contribution >= 0.6 is 11.6 Å². The maximum Gasteiger partial charge on any atom is 0.134 e. The average Bonchev–Trinajstić information content (AvgIpc) is 2.45. The number of nitrogens with one attached hydrogen (secondary N) is 1. The number of halogens is 1. The van der Waals surface area contributed by atoms with Gasteiger partial charge < -0.3 is 5.32 Å². The van der Waals surface area contributed by atoms with Gasteiger partial charge in [0.1, 0.15) is 5.82 Å². The molecule has 3 aromatic rings. The molecule has 0 aliphatic heterocycles. The maximum atomic E-state index is 6.18. The van der Waals surface area contributed by atoms with E-state index >= 15 is 0 Å². The molecule has 0 amide bonds. The summed E-state index contributed by atoms with van der Waals surface area (Å²) in [4.78, 5) is 4.75. The Morgan fingerprint density at radius 3 is 2.62 bits per heavy atom. The molecule has 1 N–H and O–H groups in total. The van der Waals surface area contributed by atoms with E-state index in [0.29, 0.717) is 0 Å². The molecule has 1 heterocycles. The van der Waals surface area contributed by atoms with Gasteiger partial charge in [-0.3, -0.25) is 0 Å². The van der Waals surface area contributed by atoms with Crippen molar-refractivity contribution in [1.29, 1.82) is 0 Å². The van der Waals surface area contributed by atoms with Gasteiger partial charge in [-0.05, 0) is 61.7 Å². The second-order valence-corrected chi connectivity index (χ2v) is 5.79. The molecular formula is C18H17ClN2. The summed E-state index contributed by atoms with van der Waals surface area (Å²) >= 11 is 6.18. The molecule has 0 saturated carbocycles. The van der Waals surface area contributed by atoms with Crippen LogP contribution in [0.5, 0.6) is 0 Å². The van der Waals surface area contributed by atoms with E-state index in [9.17, 15) is 0 Å². The van der Waals surface area contributed by atoms with Crippen molar-refractivity contribution in [3.63, 3.8) is 0 Å². The van der Waals surface area contributed by atoms with Crippen LogP contribution in [0.1, 0.15) is 16.7 Å². The summed E-state index contributed by atoms with van der Waals surface area (Å²) in [5, 5.41) is 5.31. The highest BCUT2D eigenvalue weighted by molar-refractivity contribution is 6.31. The molecule has 0 saturated heterocycles. The Labute approximate surface area is 129 Å². The van der Waals surface area contributed by atoms with E-state index in [4.69, 9.17) is 16.6 Å². The molecule has 3 heteroatoms. The Morgan fingerprint density at radius 2 is 1.81 bits per heavy atom. The van der Waals surface area contributed by atoms with Crippen molar-refractivity contribution in [2.45, 2.75) is 20.8 Å². The molecule has 0 radical (unpaired) electrons. The Morgan fingerprint density at radius 1 is 1.00 bits per heavy atom. The molecule has 2 nitrogen and oxygen atoms in total. The average molecular weight is 297 g/mol. The van der Waals surface area contributed by atoms with Gasteiger partial charge in [-0.15, -0.1) is 0 Å². The number of nitrogens with zero attached hydrogens (tertiary/aromatic N) is 1. The molecule has 21 heavy (non-hydrogen) atoms. The topological polar surface area (TPSA) is 24.9 Å². The summed E-state index contributed by atoms with van der Waals surface area (Å²) in [6, 6.07) is 14.3. The lowest BCUT2D eigenvalue weighted by molar-refractivity contribution is 1.29. The van der Waals surface area contributed by atoms with Crippen LogP contribution in [-0.4, -0.2) is 4.98 Å². The first kappa shape index (κ1) is 13.9. The monoisotopic (exact) mass is 296 g/mol. The fourth-order valence-electron chi connectivity index (χ4n) is 2.38. The van der Waals surface area contributed by atoms with Crippen LogP contribution in [0.4, 0.5) is 11.5 Å². The fraction of sp³-hybridized carbons (Fsp3) is 0.167. The zero-order valence-electron chi connectivity index (χ0n) is 12.4. The van der Waals surface area contributed by atoms with E-state index in [0.717, 1.165) is 38.6 Å². The molecule has 0 bridgehead atoms. The van der Waals surface area contributed by atoms with E-state index in [1.165, 1.54) is 5.56 Å². The van der Waals surface area contributed by atoms with Crippen molar-refractivity contribution in [1.82, 2.24) is 4.98 Å². The Kier molecular flexibility index (Phi) is 3.56. The molecule has 0 spiro atoms. The Balaban J connectivity index is 2.07. The first-order valence-electron chi connectivity index (χ1n) is 6.95. The Hall–Kier alpha value is -2.06. The lowest BCUT2D eigenvalue weighted by atomic mass is 10.1. The molecule has 2 aromatic carbocycles. The molecule has 3 rings (SSSR count). The third kappa shape index (κ3) is 2.72. The number of aryl methyl sites for hydroxylation is 2. The molecular weight excluding hydrogens is 280 g/mol. The minimum atomic E-state index is 0.759. The van der Waals surface area contributed by atoms with Crippen molar-refractivity contribution < 1.29 is 0 Å². The van der Waals surface area contributed by atoms with E-state index in [-0.39, 0.29) is 0 Å². The number of fused-ring (bicyclic) bond motifs is 1. The minimum absolute atomic E-state index is 0.759. The van der Waals surface area contributed by atoms with Crippen LogP contribution in [-0.2, 0) is 0 Å². The summed E-state index contributed by atoms with van der Waals surface area (Å²) in [6.07, 6.45) is 0. The third-order valence-corrected chi connectivity index (χ3v) is 4.09. The van der Waals surface area contributed by atoms with E-state index in [2.05, 4.69) is 43.4 Å². The van der Waals surface area contributed by atoms with E-state index < -0.39 is 0 Å². The molecule has 0 fully saturated rings. The van der Waals surface area contributed by atoms with Gasteiger partial charge in [0.15, 0.2) is 0 Å². The zero-order valence-corrected chi connectivity index (χ0v) is 13.1. The van der Waals surface area contributed by atoms with Crippen LogP contribution in [0.2, 0.25) is 5.02 Å². The van der Waals surface area contributed by atoms with Crippen LogP contribution in [0.25, 0.3) is 10.9 Å². The van der Waals surface area contributed by atoms with Gasteiger partial charge in [-0.2, -0.15) is 0 Å². The number of hydrogen-bond donors (Lipinski definition) is 1. The second-order valence-electron chi connectivity index (χ2n) is 5.39. The van der Waals surface area contributed by atoms with Crippen LogP contribution in [0.3, 0.4) is 0 Å². The van der Waals surface area contributed by atoms with Gasteiger partial charge in [0.25, 0.3) is 0 Å². The number of pyridine rings is 1. The molecule has 106 valence electrons. The van der Waals surface area contributed by atoms with Gasteiger partial charge in [0.2, 0.25) is 0 Å². The molecule has 0 atom stereocenters. The van der Waals surface area contributed by atoms with E-state index in [1.54, 1.807) is 0 Å². The lowest BCUT2D eigenvalue weighted by Crippen LogP contribution is -1.99.